The van der Waals surface area contributed by atoms with Crippen molar-refractivity contribution in [1.82, 2.24) is 9.38 Å². The fourth-order valence-electron chi connectivity index (χ4n) is 3.38. The second kappa shape index (κ2) is 5.28. The van der Waals surface area contributed by atoms with Crippen molar-refractivity contribution in [3.8, 4) is 0 Å². The number of imidazole rings is 1. The van der Waals surface area contributed by atoms with Crippen molar-refractivity contribution < 1.29 is 0 Å². The van der Waals surface area contributed by atoms with Crippen LogP contribution in [0.3, 0.4) is 0 Å². The summed E-state index contributed by atoms with van der Waals surface area (Å²) in [6, 6.07) is 6.60. The fraction of sp³-hybridized carbons (Fsp3) is 0.562. The molecule has 2 aromatic rings. The summed E-state index contributed by atoms with van der Waals surface area (Å²) in [5.41, 5.74) is 2.09. The van der Waals surface area contributed by atoms with Gasteiger partial charge in [0, 0.05) is 18.8 Å². The molecule has 1 aliphatic rings. The lowest BCUT2D eigenvalue weighted by Gasteiger charge is -2.41. The van der Waals surface area contributed by atoms with E-state index < -0.39 is 0 Å². The third kappa shape index (κ3) is 2.18. The molecule has 0 bridgehead atoms. The quantitative estimate of drug-likeness (QED) is 0.781. The molecule has 1 saturated heterocycles. The van der Waals surface area contributed by atoms with E-state index in [1.54, 1.807) is 0 Å². The van der Waals surface area contributed by atoms with Crippen molar-refractivity contribution in [2.75, 3.05) is 11.4 Å². The first-order valence-electron chi connectivity index (χ1n) is 7.40. The molecule has 0 saturated carbocycles. The monoisotopic (exact) mass is 291 g/mol. The van der Waals surface area contributed by atoms with Gasteiger partial charge in [0.05, 0.1) is 11.6 Å². The Morgan fingerprint density at radius 2 is 2.10 bits per heavy atom. The predicted octanol–water partition coefficient (Wildman–Crippen LogP) is 3.94. The largest absolute Gasteiger partial charge is 0.352 e. The maximum absolute atomic E-state index is 6.20. The summed E-state index contributed by atoms with van der Waals surface area (Å²) in [6.07, 6.45) is 3.34. The number of hydrogen-bond acceptors (Lipinski definition) is 2. The van der Waals surface area contributed by atoms with Gasteiger partial charge in [0.2, 0.25) is 0 Å². The van der Waals surface area contributed by atoms with Gasteiger partial charge in [0.1, 0.15) is 5.65 Å². The number of anilines is 1. The summed E-state index contributed by atoms with van der Waals surface area (Å²) in [5, 5.41) is 0. The molecule has 3 heterocycles. The molecule has 3 rings (SSSR count). The molecular formula is C16H22ClN3. The molecule has 0 aromatic carbocycles. The number of aromatic nitrogens is 2. The molecule has 1 aliphatic heterocycles. The van der Waals surface area contributed by atoms with Gasteiger partial charge in [-0.15, -0.1) is 11.6 Å². The summed E-state index contributed by atoms with van der Waals surface area (Å²) < 4.78 is 2.11. The first-order chi connectivity index (χ1) is 9.61. The first-order valence-corrected chi connectivity index (χ1v) is 7.93. The third-order valence-electron chi connectivity index (χ3n) is 4.60. The topological polar surface area (TPSA) is 20.5 Å². The highest BCUT2D eigenvalue weighted by atomic mass is 35.5. The van der Waals surface area contributed by atoms with Crippen LogP contribution >= 0.6 is 11.6 Å². The van der Waals surface area contributed by atoms with Gasteiger partial charge in [-0.1, -0.05) is 19.9 Å². The van der Waals surface area contributed by atoms with Crippen molar-refractivity contribution in [3.63, 3.8) is 0 Å². The third-order valence-corrected chi connectivity index (χ3v) is 4.86. The average molecular weight is 292 g/mol. The van der Waals surface area contributed by atoms with E-state index in [1.807, 2.05) is 24.4 Å². The van der Waals surface area contributed by atoms with Gasteiger partial charge in [0.25, 0.3) is 0 Å². The number of nitrogens with zero attached hydrogens (tertiary/aromatic N) is 3. The zero-order valence-corrected chi connectivity index (χ0v) is 13.1. The standard InChI is InChI=1S/C16H22ClN3/c1-11-8-12(2)13(3)20(10-11)16-14(9-17)19-7-5-4-6-15(19)18-16/h4-7,11-13H,8-10H2,1-3H3. The van der Waals surface area contributed by atoms with Crippen molar-refractivity contribution in [2.24, 2.45) is 11.8 Å². The van der Waals surface area contributed by atoms with Crippen LogP contribution in [0, 0.1) is 11.8 Å². The first kappa shape index (κ1) is 13.7. The number of pyridine rings is 1. The van der Waals surface area contributed by atoms with Crippen LogP contribution in [0.25, 0.3) is 5.65 Å². The van der Waals surface area contributed by atoms with E-state index in [4.69, 9.17) is 16.6 Å². The molecular weight excluding hydrogens is 270 g/mol. The van der Waals surface area contributed by atoms with Gasteiger partial charge in [-0.25, -0.2) is 4.98 Å². The molecule has 2 aromatic heterocycles. The van der Waals surface area contributed by atoms with E-state index in [9.17, 15) is 0 Å². The highest BCUT2D eigenvalue weighted by molar-refractivity contribution is 6.17. The van der Waals surface area contributed by atoms with Crippen molar-refractivity contribution in [2.45, 2.75) is 39.1 Å². The maximum atomic E-state index is 6.20. The van der Waals surface area contributed by atoms with E-state index >= 15 is 0 Å². The zero-order valence-electron chi connectivity index (χ0n) is 12.4. The summed E-state index contributed by atoms with van der Waals surface area (Å²) in [7, 11) is 0. The van der Waals surface area contributed by atoms with E-state index in [1.165, 1.54) is 6.42 Å². The van der Waals surface area contributed by atoms with E-state index in [-0.39, 0.29) is 0 Å². The average Bonchev–Trinajstić information content (AvgIpc) is 2.81. The van der Waals surface area contributed by atoms with E-state index in [0.717, 1.165) is 23.7 Å². The summed E-state index contributed by atoms with van der Waals surface area (Å²) in [5.74, 6) is 2.95. The smallest absolute Gasteiger partial charge is 0.152 e. The van der Waals surface area contributed by atoms with Crippen LogP contribution in [0.4, 0.5) is 5.82 Å². The SMILES string of the molecule is CC1CC(C)C(C)N(c2nc3ccccn3c2CCl)C1. The molecule has 3 unspecified atom stereocenters. The summed E-state index contributed by atoms with van der Waals surface area (Å²) >= 11 is 6.20. The molecule has 0 N–H and O–H groups in total. The highest BCUT2D eigenvalue weighted by Crippen LogP contribution is 2.33. The minimum absolute atomic E-state index is 0.493. The molecule has 0 spiro atoms. The number of hydrogen-bond donors (Lipinski definition) is 0. The zero-order chi connectivity index (χ0) is 14.3. The molecule has 4 heteroatoms. The number of rotatable bonds is 2. The van der Waals surface area contributed by atoms with Gasteiger partial charge in [-0.3, -0.25) is 0 Å². The Balaban J connectivity index is 2.08. The van der Waals surface area contributed by atoms with Crippen LogP contribution in [0.1, 0.15) is 32.9 Å². The molecule has 108 valence electrons. The molecule has 1 fully saturated rings. The van der Waals surface area contributed by atoms with Gasteiger partial charge < -0.3 is 9.30 Å². The van der Waals surface area contributed by atoms with Gasteiger partial charge in [-0.2, -0.15) is 0 Å². The Labute approximate surface area is 125 Å². The molecule has 0 amide bonds. The molecule has 3 nitrogen and oxygen atoms in total. The van der Waals surface area contributed by atoms with Crippen LogP contribution in [0.5, 0.6) is 0 Å². The Bertz CT molecular complexity index is 607. The van der Waals surface area contributed by atoms with Crippen LogP contribution in [0.2, 0.25) is 0 Å². The van der Waals surface area contributed by atoms with Crippen LogP contribution in [-0.2, 0) is 5.88 Å². The van der Waals surface area contributed by atoms with E-state index in [2.05, 4.69) is 30.1 Å². The minimum atomic E-state index is 0.493. The Morgan fingerprint density at radius 3 is 2.85 bits per heavy atom. The number of fused-ring (bicyclic) bond motifs is 1. The van der Waals surface area contributed by atoms with E-state index in [0.29, 0.717) is 23.8 Å². The van der Waals surface area contributed by atoms with Gasteiger partial charge >= 0.3 is 0 Å². The van der Waals surface area contributed by atoms with Crippen molar-refractivity contribution in [3.05, 3.63) is 30.1 Å². The Kier molecular flexibility index (Phi) is 3.63. The lowest BCUT2D eigenvalue weighted by atomic mass is 9.86. The minimum Gasteiger partial charge on any atom is -0.352 e. The Hall–Kier alpha value is -1.22. The lowest BCUT2D eigenvalue weighted by molar-refractivity contribution is 0.295. The normalized spacial score (nSPS) is 27.2. The van der Waals surface area contributed by atoms with Crippen molar-refractivity contribution >= 4 is 23.1 Å². The predicted molar refractivity (Wildman–Crippen MR) is 84.5 cm³/mol. The maximum Gasteiger partial charge on any atom is 0.152 e. The van der Waals surface area contributed by atoms with Crippen LogP contribution in [-0.4, -0.2) is 22.0 Å². The number of halogens is 1. The summed E-state index contributed by atoms with van der Waals surface area (Å²) in [4.78, 5) is 7.28. The fourth-order valence-corrected chi connectivity index (χ4v) is 3.63. The number of piperidine rings is 1. The lowest BCUT2D eigenvalue weighted by Crippen LogP contribution is -2.46. The second-order valence-electron chi connectivity index (χ2n) is 6.16. The van der Waals surface area contributed by atoms with Crippen LogP contribution < -0.4 is 4.90 Å². The Morgan fingerprint density at radius 1 is 1.30 bits per heavy atom. The second-order valence-corrected chi connectivity index (χ2v) is 6.42. The molecule has 0 aliphatic carbocycles. The van der Waals surface area contributed by atoms with Gasteiger partial charge in [0.15, 0.2) is 5.82 Å². The molecule has 0 radical (unpaired) electrons. The number of alkyl halides is 1. The molecule has 3 atom stereocenters. The van der Waals surface area contributed by atoms with Crippen molar-refractivity contribution in [1.29, 1.82) is 0 Å². The molecule has 20 heavy (non-hydrogen) atoms. The van der Waals surface area contributed by atoms with Crippen LogP contribution in [0.15, 0.2) is 24.4 Å². The van der Waals surface area contributed by atoms with Gasteiger partial charge in [-0.05, 0) is 37.3 Å². The highest BCUT2D eigenvalue weighted by Gasteiger charge is 2.31. The summed E-state index contributed by atoms with van der Waals surface area (Å²) in [6.45, 7) is 8.03.